The first-order chi connectivity index (χ1) is 7.75. The molecule has 2 heteroatoms. The largest absolute Gasteiger partial charge is 0.395 e. The van der Waals surface area contributed by atoms with Crippen LogP contribution in [0.1, 0.15) is 18.4 Å². The van der Waals surface area contributed by atoms with Gasteiger partial charge in [-0.3, -0.25) is 0 Å². The van der Waals surface area contributed by atoms with Crippen LogP contribution in [0.5, 0.6) is 0 Å². The van der Waals surface area contributed by atoms with Gasteiger partial charge < -0.3 is 5.11 Å². The van der Waals surface area contributed by atoms with E-state index < -0.39 is 0 Å². The molecule has 2 aromatic rings. The molecule has 0 saturated heterocycles. The highest BCUT2D eigenvalue weighted by atomic mass is 35.5. The molecule has 0 atom stereocenters. The molecule has 16 heavy (non-hydrogen) atoms. The molecule has 3 rings (SSSR count). The Morgan fingerprint density at radius 3 is 2.69 bits per heavy atom. The summed E-state index contributed by atoms with van der Waals surface area (Å²) in [5, 5.41) is 12.6. The van der Waals surface area contributed by atoms with Gasteiger partial charge >= 0.3 is 0 Å². The molecule has 1 fully saturated rings. The predicted molar refractivity (Wildman–Crippen MR) is 67.0 cm³/mol. The van der Waals surface area contributed by atoms with Crippen molar-refractivity contribution >= 4 is 22.4 Å². The molecule has 0 amide bonds. The molecule has 0 aromatic heterocycles. The minimum absolute atomic E-state index is 0.00416. The van der Waals surface area contributed by atoms with E-state index in [1.165, 1.54) is 16.3 Å². The van der Waals surface area contributed by atoms with Crippen LogP contribution in [-0.4, -0.2) is 11.7 Å². The molecule has 0 aliphatic heterocycles. The van der Waals surface area contributed by atoms with Gasteiger partial charge in [0.1, 0.15) is 0 Å². The van der Waals surface area contributed by atoms with Crippen LogP contribution < -0.4 is 0 Å². The van der Waals surface area contributed by atoms with E-state index in [9.17, 15) is 5.11 Å². The monoisotopic (exact) mass is 232 g/mol. The number of halogens is 1. The van der Waals surface area contributed by atoms with E-state index in [4.69, 9.17) is 11.6 Å². The lowest BCUT2D eigenvalue weighted by atomic mass is 9.91. The van der Waals surface area contributed by atoms with Gasteiger partial charge in [0.15, 0.2) is 0 Å². The second kappa shape index (κ2) is 3.47. The summed E-state index contributed by atoms with van der Waals surface area (Å²) in [6.07, 6.45) is 2.16. The van der Waals surface area contributed by atoms with Crippen molar-refractivity contribution in [2.75, 3.05) is 6.61 Å². The third kappa shape index (κ3) is 1.43. The molecule has 0 spiro atoms. The number of aliphatic hydroxyl groups is 1. The van der Waals surface area contributed by atoms with Gasteiger partial charge in [-0.05, 0) is 41.3 Å². The number of hydrogen-bond donors (Lipinski definition) is 1. The average Bonchev–Trinajstić information content (AvgIpc) is 3.09. The van der Waals surface area contributed by atoms with Crippen LogP contribution in [0.15, 0.2) is 36.4 Å². The maximum atomic E-state index is 9.51. The Kier molecular flexibility index (Phi) is 2.20. The molecule has 2 aromatic carbocycles. The first-order valence-corrected chi connectivity index (χ1v) is 5.93. The van der Waals surface area contributed by atoms with Crippen molar-refractivity contribution < 1.29 is 5.11 Å². The van der Waals surface area contributed by atoms with E-state index in [2.05, 4.69) is 18.2 Å². The van der Waals surface area contributed by atoms with Crippen LogP contribution in [0.25, 0.3) is 10.8 Å². The molecule has 1 nitrogen and oxygen atoms in total. The molecular weight excluding hydrogens is 220 g/mol. The average molecular weight is 233 g/mol. The Morgan fingerprint density at radius 1 is 1.19 bits per heavy atom. The SMILES string of the molecule is OCC1(c2cccc3ccc(Cl)cc23)CC1. The van der Waals surface area contributed by atoms with Gasteiger partial charge in [0, 0.05) is 10.4 Å². The Bertz CT molecular complexity index is 543. The molecule has 1 aliphatic rings. The van der Waals surface area contributed by atoms with E-state index in [0.717, 1.165) is 17.9 Å². The summed E-state index contributed by atoms with van der Waals surface area (Å²) in [7, 11) is 0. The van der Waals surface area contributed by atoms with Crippen LogP contribution in [0.2, 0.25) is 5.02 Å². The Labute approximate surface area is 99.7 Å². The third-order valence-corrected chi connectivity index (χ3v) is 3.81. The van der Waals surface area contributed by atoms with Gasteiger partial charge in [-0.15, -0.1) is 0 Å². The van der Waals surface area contributed by atoms with Crippen LogP contribution >= 0.6 is 11.6 Å². The minimum Gasteiger partial charge on any atom is -0.395 e. The molecule has 1 N–H and O–H groups in total. The summed E-state index contributed by atoms with van der Waals surface area (Å²) in [5.74, 6) is 0. The zero-order valence-electron chi connectivity index (χ0n) is 8.91. The number of benzene rings is 2. The number of hydrogen-bond acceptors (Lipinski definition) is 1. The van der Waals surface area contributed by atoms with Crippen molar-refractivity contribution in [1.82, 2.24) is 0 Å². The molecule has 1 saturated carbocycles. The summed E-state index contributed by atoms with van der Waals surface area (Å²) in [6.45, 7) is 0.235. The first-order valence-electron chi connectivity index (χ1n) is 5.55. The number of rotatable bonds is 2. The molecule has 0 unspecified atom stereocenters. The zero-order valence-corrected chi connectivity index (χ0v) is 9.67. The molecule has 0 radical (unpaired) electrons. The fourth-order valence-electron chi connectivity index (χ4n) is 2.37. The summed E-state index contributed by atoms with van der Waals surface area (Å²) in [6, 6.07) is 12.2. The van der Waals surface area contributed by atoms with Crippen LogP contribution in [0.3, 0.4) is 0 Å². The molecule has 1 aliphatic carbocycles. The van der Waals surface area contributed by atoms with Gasteiger partial charge in [0.05, 0.1) is 6.61 Å². The van der Waals surface area contributed by atoms with E-state index in [1.54, 1.807) is 0 Å². The van der Waals surface area contributed by atoms with E-state index >= 15 is 0 Å². The normalized spacial score (nSPS) is 17.6. The fourth-order valence-corrected chi connectivity index (χ4v) is 2.54. The minimum atomic E-state index is 0.00416. The number of aliphatic hydroxyl groups excluding tert-OH is 1. The number of fused-ring (bicyclic) bond motifs is 1. The lowest BCUT2D eigenvalue weighted by molar-refractivity contribution is 0.256. The smallest absolute Gasteiger partial charge is 0.0528 e. The van der Waals surface area contributed by atoms with Crippen LogP contribution in [0, 0.1) is 0 Å². The summed E-state index contributed by atoms with van der Waals surface area (Å²) in [4.78, 5) is 0. The Balaban J connectivity index is 2.28. The van der Waals surface area contributed by atoms with Crippen molar-refractivity contribution in [3.05, 3.63) is 47.0 Å². The van der Waals surface area contributed by atoms with Gasteiger partial charge in [-0.2, -0.15) is 0 Å². The van der Waals surface area contributed by atoms with Gasteiger partial charge in [0.2, 0.25) is 0 Å². The van der Waals surface area contributed by atoms with Crippen molar-refractivity contribution in [3.63, 3.8) is 0 Å². The zero-order chi connectivity index (χ0) is 11.2. The van der Waals surface area contributed by atoms with Crippen molar-refractivity contribution in [2.45, 2.75) is 18.3 Å². The topological polar surface area (TPSA) is 20.2 Å². The lowest BCUT2D eigenvalue weighted by Crippen LogP contribution is -2.12. The maximum Gasteiger partial charge on any atom is 0.0528 e. The molecule has 0 heterocycles. The second-order valence-electron chi connectivity index (χ2n) is 4.61. The third-order valence-electron chi connectivity index (χ3n) is 3.57. The van der Waals surface area contributed by atoms with Crippen LogP contribution in [0.4, 0.5) is 0 Å². The highest BCUT2D eigenvalue weighted by Crippen LogP contribution is 2.49. The van der Waals surface area contributed by atoms with E-state index in [1.807, 2.05) is 18.2 Å². The molecule has 0 bridgehead atoms. The van der Waals surface area contributed by atoms with Crippen molar-refractivity contribution in [3.8, 4) is 0 Å². The Hall–Kier alpha value is -1.05. The summed E-state index contributed by atoms with van der Waals surface area (Å²) >= 11 is 6.04. The van der Waals surface area contributed by atoms with Gasteiger partial charge in [-0.1, -0.05) is 35.9 Å². The quantitative estimate of drug-likeness (QED) is 0.840. The second-order valence-corrected chi connectivity index (χ2v) is 5.05. The summed E-state index contributed by atoms with van der Waals surface area (Å²) < 4.78 is 0. The van der Waals surface area contributed by atoms with Crippen molar-refractivity contribution in [2.24, 2.45) is 0 Å². The first kappa shape index (κ1) is 10.1. The molecular formula is C14H13ClO. The fraction of sp³-hybridized carbons (Fsp3) is 0.286. The molecule has 82 valence electrons. The predicted octanol–water partition coefficient (Wildman–Crippen LogP) is 3.52. The van der Waals surface area contributed by atoms with E-state index in [-0.39, 0.29) is 12.0 Å². The highest BCUT2D eigenvalue weighted by molar-refractivity contribution is 6.31. The highest BCUT2D eigenvalue weighted by Gasteiger charge is 2.44. The van der Waals surface area contributed by atoms with Crippen LogP contribution in [-0.2, 0) is 5.41 Å². The maximum absolute atomic E-state index is 9.51. The standard InChI is InChI=1S/C14H13ClO/c15-11-5-4-10-2-1-3-13(12(10)8-11)14(9-16)6-7-14/h1-5,8,16H,6-7,9H2. The van der Waals surface area contributed by atoms with Gasteiger partial charge in [-0.25, -0.2) is 0 Å². The van der Waals surface area contributed by atoms with Crippen molar-refractivity contribution in [1.29, 1.82) is 0 Å². The summed E-state index contributed by atoms with van der Waals surface area (Å²) in [5.41, 5.74) is 1.25. The van der Waals surface area contributed by atoms with Gasteiger partial charge in [0.25, 0.3) is 0 Å². The Morgan fingerprint density at radius 2 is 2.00 bits per heavy atom. The lowest BCUT2D eigenvalue weighted by Gasteiger charge is -2.15. The van der Waals surface area contributed by atoms with E-state index in [0.29, 0.717) is 0 Å².